The van der Waals surface area contributed by atoms with Gasteiger partial charge in [-0.15, -0.1) is 11.3 Å². The Morgan fingerprint density at radius 2 is 1.15 bits per heavy atom. The second kappa shape index (κ2) is 12.2. The number of nitrogens with zero attached hydrogens (tertiary/aromatic N) is 1. The Bertz CT molecular complexity index is 2480. The number of hydrogen-bond donors (Lipinski definition) is 0. The highest BCUT2D eigenvalue weighted by molar-refractivity contribution is 7.26. The molecule has 9 rings (SSSR count). The maximum Gasteiger partial charge on any atom is 0.0628 e. The largest absolute Gasteiger partial charge is 0.333 e. The van der Waals surface area contributed by atoms with Crippen molar-refractivity contribution in [1.29, 1.82) is 0 Å². The van der Waals surface area contributed by atoms with Gasteiger partial charge in [-0.3, -0.25) is 0 Å². The number of fused-ring (bicyclic) bond motifs is 4. The minimum atomic E-state index is 0.0583. The minimum absolute atomic E-state index is 0.0583. The van der Waals surface area contributed by atoms with Crippen molar-refractivity contribution in [3.8, 4) is 22.3 Å². The van der Waals surface area contributed by atoms with Gasteiger partial charge in [-0.05, 0) is 51.7 Å². The minimum Gasteiger partial charge on any atom is -0.333 e. The Morgan fingerprint density at radius 1 is 0.479 bits per heavy atom. The summed E-state index contributed by atoms with van der Waals surface area (Å²) >= 11 is 1.89. The van der Waals surface area contributed by atoms with Gasteiger partial charge in [0, 0.05) is 48.6 Å². The van der Waals surface area contributed by atoms with Crippen molar-refractivity contribution in [2.75, 3.05) is 4.90 Å². The molecule has 1 aromatic heterocycles. The number of para-hydroxylation sites is 1. The van der Waals surface area contributed by atoms with Gasteiger partial charge in [-0.1, -0.05) is 164 Å². The van der Waals surface area contributed by atoms with Gasteiger partial charge < -0.3 is 4.90 Å². The smallest absolute Gasteiger partial charge is 0.0628 e. The van der Waals surface area contributed by atoms with Gasteiger partial charge >= 0.3 is 0 Å². The lowest BCUT2D eigenvalue weighted by atomic mass is 9.86. The zero-order chi connectivity index (χ0) is 31.9. The lowest BCUT2D eigenvalue weighted by Gasteiger charge is -2.39. The molecular formula is C46H33NS. The van der Waals surface area contributed by atoms with Crippen LogP contribution in [0.1, 0.15) is 11.5 Å². The average molecular weight is 632 g/mol. The molecule has 1 heterocycles. The van der Waals surface area contributed by atoms with Crippen molar-refractivity contribution in [3.05, 3.63) is 194 Å². The number of anilines is 2. The Morgan fingerprint density at radius 3 is 2.08 bits per heavy atom. The molecule has 8 aromatic rings. The van der Waals surface area contributed by atoms with E-state index in [2.05, 4.69) is 193 Å². The number of benzene rings is 7. The first kappa shape index (κ1) is 28.5. The summed E-state index contributed by atoms with van der Waals surface area (Å²) in [5, 5.41) is 5.16. The third-order valence-corrected chi connectivity index (χ3v) is 10.9. The van der Waals surface area contributed by atoms with Crippen molar-refractivity contribution in [2.24, 2.45) is 0 Å². The van der Waals surface area contributed by atoms with Crippen LogP contribution in [0.25, 0.3) is 53.2 Å². The highest BCUT2D eigenvalue weighted by Crippen LogP contribution is 2.46. The van der Waals surface area contributed by atoms with Gasteiger partial charge in [0.25, 0.3) is 0 Å². The Balaban J connectivity index is 1.28. The summed E-state index contributed by atoms with van der Waals surface area (Å²) in [6.45, 7) is 0. The second-order valence-corrected chi connectivity index (χ2v) is 13.5. The Hall–Kier alpha value is -5.70. The first-order valence-corrected chi connectivity index (χ1v) is 17.4. The molecule has 0 saturated heterocycles. The van der Waals surface area contributed by atoms with Crippen molar-refractivity contribution in [2.45, 2.75) is 12.0 Å². The lowest BCUT2D eigenvalue weighted by molar-refractivity contribution is 0.690. The fraction of sp³-hybridized carbons (Fsp3) is 0.0435. The van der Waals surface area contributed by atoms with E-state index in [4.69, 9.17) is 0 Å². The molecule has 48 heavy (non-hydrogen) atoms. The molecule has 0 N–H and O–H groups in total. The number of allylic oxidation sites excluding steroid dienone is 2. The van der Waals surface area contributed by atoms with E-state index in [1.54, 1.807) is 0 Å². The van der Waals surface area contributed by atoms with Crippen LogP contribution in [0.15, 0.2) is 188 Å². The van der Waals surface area contributed by atoms with E-state index in [1.165, 1.54) is 70.1 Å². The molecule has 0 aliphatic heterocycles. The van der Waals surface area contributed by atoms with E-state index in [9.17, 15) is 0 Å². The number of thiophene rings is 1. The van der Waals surface area contributed by atoms with E-state index >= 15 is 0 Å². The lowest BCUT2D eigenvalue weighted by Crippen LogP contribution is -2.35. The van der Waals surface area contributed by atoms with Gasteiger partial charge in [-0.2, -0.15) is 0 Å². The first-order chi connectivity index (χ1) is 23.8. The molecule has 1 aliphatic rings. The van der Waals surface area contributed by atoms with Crippen LogP contribution in [0.5, 0.6) is 0 Å². The number of hydrogen-bond acceptors (Lipinski definition) is 2. The molecule has 228 valence electrons. The topological polar surface area (TPSA) is 3.24 Å². The van der Waals surface area contributed by atoms with Crippen LogP contribution in [0, 0.1) is 0 Å². The summed E-state index contributed by atoms with van der Waals surface area (Å²) in [5.41, 5.74) is 8.64. The highest BCUT2D eigenvalue weighted by atomic mass is 32.1. The van der Waals surface area contributed by atoms with Crippen molar-refractivity contribution in [1.82, 2.24) is 0 Å². The van der Waals surface area contributed by atoms with E-state index in [0.29, 0.717) is 0 Å². The van der Waals surface area contributed by atoms with E-state index in [1.807, 2.05) is 11.3 Å². The quantitative estimate of drug-likeness (QED) is 0.176. The summed E-state index contributed by atoms with van der Waals surface area (Å²) < 4.78 is 2.65. The molecule has 2 atom stereocenters. The second-order valence-electron chi connectivity index (χ2n) is 12.4. The molecule has 0 saturated carbocycles. The van der Waals surface area contributed by atoms with Crippen LogP contribution < -0.4 is 4.90 Å². The van der Waals surface area contributed by atoms with E-state index < -0.39 is 0 Å². The molecule has 0 fully saturated rings. The summed E-state index contributed by atoms with van der Waals surface area (Å²) in [6.07, 6.45) is 9.14. The van der Waals surface area contributed by atoms with Crippen LogP contribution in [0.3, 0.4) is 0 Å². The SMILES string of the molecule is C1=CC(c2ccccc2)C(N(c2cccc(-c3cccc4ccccc34)c2)c2ccccc2-c2cccc3c2sc2ccccc23)C=C1. The standard InChI is InChI=1S/C46H33NS/c1-2-15-33(16-3-1)38-22-6-9-28-43(38)47(35-20-12-19-34(31-35)37-25-13-18-32-17-4-5-21-36(32)37)44-29-10-7-23-39(44)41-26-14-27-42-40-24-8-11-30-45(40)48-46(41)42/h1-31,38,43H. The third-order valence-electron chi connectivity index (χ3n) is 9.67. The molecule has 1 aliphatic carbocycles. The monoisotopic (exact) mass is 631 g/mol. The average Bonchev–Trinajstić information content (AvgIpc) is 3.55. The molecule has 0 bridgehead atoms. The zero-order valence-electron chi connectivity index (χ0n) is 26.4. The van der Waals surface area contributed by atoms with Gasteiger partial charge in [0.15, 0.2) is 0 Å². The maximum absolute atomic E-state index is 2.58. The fourth-order valence-corrected chi connectivity index (χ4v) is 8.70. The van der Waals surface area contributed by atoms with Gasteiger partial charge in [0.1, 0.15) is 0 Å². The van der Waals surface area contributed by atoms with Gasteiger partial charge in [0.2, 0.25) is 0 Å². The Labute approximate surface area is 285 Å². The van der Waals surface area contributed by atoms with Crippen molar-refractivity contribution >= 4 is 53.7 Å². The maximum atomic E-state index is 2.58. The molecule has 0 amide bonds. The van der Waals surface area contributed by atoms with E-state index in [-0.39, 0.29) is 12.0 Å². The van der Waals surface area contributed by atoms with E-state index in [0.717, 1.165) is 0 Å². The molecule has 2 heteroatoms. The van der Waals surface area contributed by atoms with Crippen LogP contribution in [0.4, 0.5) is 11.4 Å². The fourth-order valence-electron chi connectivity index (χ4n) is 7.47. The molecule has 2 unspecified atom stereocenters. The summed E-state index contributed by atoms with van der Waals surface area (Å²) in [5.74, 6) is 0.172. The molecule has 7 aromatic carbocycles. The summed E-state index contributed by atoms with van der Waals surface area (Å²) in [6, 6.07) is 59.9. The summed E-state index contributed by atoms with van der Waals surface area (Å²) in [7, 11) is 0. The Kier molecular flexibility index (Phi) is 7.22. The predicted molar refractivity (Wildman–Crippen MR) is 208 cm³/mol. The van der Waals surface area contributed by atoms with Crippen LogP contribution >= 0.6 is 11.3 Å². The van der Waals surface area contributed by atoms with Gasteiger partial charge in [-0.25, -0.2) is 0 Å². The summed E-state index contributed by atoms with van der Waals surface area (Å²) in [4.78, 5) is 2.58. The van der Waals surface area contributed by atoms with Gasteiger partial charge in [0.05, 0.1) is 6.04 Å². The molecule has 1 nitrogen and oxygen atoms in total. The third kappa shape index (κ3) is 4.94. The zero-order valence-corrected chi connectivity index (χ0v) is 27.2. The van der Waals surface area contributed by atoms with Crippen LogP contribution in [0.2, 0.25) is 0 Å². The predicted octanol–water partition coefficient (Wildman–Crippen LogP) is 13.0. The van der Waals surface area contributed by atoms with Crippen LogP contribution in [-0.4, -0.2) is 6.04 Å². The van der Waals surface area contributed by atoms with Crippen molar-refractivity contribution in [3.63, 3.8) is 0 Å². The normalized spacial score (nSPS) is 15.8. The molecule has 0 radical (unpaired) electrons. The first-order valence-electron chi connectivity index (χ1n) is 16.6. The molecule has 0 spiro atoms. The van der Waals surface area contributed by atoms with Crippen LogP contribution in [-0.2, 0) is 0 Å². The molecular weight excluding hydrogens is 599 g/mol. The highest BCUT2D eigenvalue weighted by Gasteiger charge is 2.30. The van der Waals surface area contributed by atoms with Crippen molar-refractivity contribution < 1.29 is 0 Å². The number of rotatable bonds is 6.